The number of hydrogen-bond donors (Lipinski definition) is 3. The molecule has 1 aliphatic heterocycles. The van der Waals surface area contributed by atoms with Crippen LogP contribution in [-0.4, -0.2) is 50.1 Å². The van der Waals surface area contributed by atoms with Gasteiger partial charge in [0.15, 0.2) is 0 Å². The Morgan fingerprint density at radius 1 is 1.38 bits per heavy atom. The monoisotopic (exact) mass is 228 g/mol. The Hall–Kier alpha value is -0.160. The lowest BCUT2D eigenvalue weighted by Gasteiger charge is -2.11. The minimum Gasteiger partial charge on any atom is -0.392 e. The highest BCUT2D eigenvalue weighted by molar-refractivity contribution is 4.82. The average Bonchev–Trinajstić information content (AvgIpc) is 3.00. The second-order valence-corrected chi connectivity index (χ2v) is 5.07. The molecule has 0 aromatic heterocycles. The Balaban J connectivity index is 1.34. The number of aliphatic hydroxyl groups is 1. The summed E-state index contributed by atoms with van der Waals surface area (Å²) in [5.74, 6) is 0.872. The molecule has 16 heavy (non-hydrogen) atoms. The van der Waals surface area contributed by atoms with Crippen molar-refractivity contribution < 1.29 is 9.84 Å². The number of β-amino-alcohol motifs (C(OH)–C–C–N with tert-alkyl or cyclic N) is 1. The van der Waals surface area contributed by atoms with Crippen molar-refractivity contribution in [1.29, 1.82) is 0 Å². The molecule has 0 amide bonds. The largest absolute Gasteiger partial charge is 0.392 e. The van der Waals surface area contributed by atoms with E-state index in [0.717, 1.165) is 51.6 Å². The number of rotatable bonds is 8. The lowest BCUT2D eigenvalue weighted by Crippen LogP contribution is -2.34. The van der Waals surface area contributed by atoms with Gasteiger partial charge < -0.3 is 20.5 Å². The molecule has 4 nitrogen and oxygen atoms in total. The molecule has 4 heteroatoms. The molecule has 1 heterocycles. The van der Waals surface area contributed by atoms with Crippen LogP contribution in [0.15, 0.2) is 0 Å². The van der Waals surface area contributed by atoms with Gasteiger partial charge in [0, 0.05) is 32.3 Å². The third kappa shape index (κ3) is 4.78. The molecule has 0 aromatic carbocycles. The maximum Gasteiger partial charge on any atom is 0.0680 e. The van der Waals surface area contributed by atoms with E-state index in [0.29, 0.717) is 6.04 Å². The Morgan fingerprint density at radius 3 is 2.94 bits per heavy atom. The molecule has 2 rings (SSSR count). The molecule has 3 N–H and O–H groups in total. The molecule has 0 aromatic rings. The zero-order chi connectivity index (χ0) is 11.2. The van der Waals surface area contributed by atoms with Crippen LogP contribution in [0.3, 0.4) is 0 Å². The fourth-order valence-corrected chi connectivity index (χ4v) is 2.06. The molecule has 0 radical (unpaired) electrons. The summed E-state index contributed by atoms with van der Waals surface area (Å²) in [7, 11) is 0. The lowest BCUT2D eigenvalue weighted by atomic mass is 10.2. The van der Waals surface area contributed by atoms with Gasteiger partial charge in [0.2, 0.25) is 0 Å². The third-order valence-corrected chi connectivity index (χ3v) is 3.28. The van der Waals surface area contributed by atoms with Crippen LogP contribution >= 0.6 is 0 Å². The predicted octanol–water partition coefficient (Wildman–Crippen LogP) is 0.115. The molecular formula is C12H24N2O2. The summed E-state index contributed by atoms with van der Waals surface area (Å²) in [4.78, 5) is 0. The first kappa shape index (κ1) is 12.3. The van der Waals surface area contributed by atoms with Crippen molar-refractivity contribution in [1.82, 2.24) is 10.6 Å². The highest BCUT2D eigenvalue weighted by Gasteiger charge is 2.21. The van der Waals surface area contributed by atoms with Gasteiger partial charge in [-0.15, -0.1) is 0 Å². The molecule has 1 aliphatic carbocycles. The topological polar surface area (TPSA) is 53.5 Å². The molecule has 0 spiro atoms. The van der Waals surface area contributed by atoms with Crippen LogP contribution in [0.25, 0.3) is 0 Å². The summed E-state index contributed by atoms with van der Waals surface area (Å²) in [6.45, 7) is 4.57. The van der Waals surface area contributed by atoms with Crippen LogP contribution in [0.2, 0.25) is 0 Å². The highest BCUT2D eigenvalue weighted by atomic mass is 16.5. The number of hydrogen-bond acceptors (Lipinski definition) is 4. The van der Waals surface area contributed by atoms with Crippen LogP contribution in [0.4, 0.5) is 0 Å². The maximum atomic E-state index is 9.32. The fourth-order valence-electron chi connectivity index (χ4n) is 2.06. The van der Waals surface area contributed by atoms with Gasteiger partial charge in [0.25, 0.3) is 0 Å². The zero-order valence-electron chi connectivity index (χ0n) is 9.95. The van der Waals surface area contributed by atoms with Gasteiger partial charge in [-0.25, -0.2) is 0 Å². The molecular weight excluding hydrogens is 204 g/mol. The summed E-state index contributed by atoms with van der Waals surface area (Å²) in [6, 6.07) is 0.447. The van der Waals surface area contributed by atoms with Gasteiger partial charge in [-0.3, -0.25) is 0 Å². The van der Waals surface area contributed by atoms with Gasteiger partial charge in [0.1, 0.15) is 0 Å². The van der Waals surface area contributed by atoms with Crippen LogP contribution in [0, 0.1) is 5.92 Å². The predicted molar refractivity (Wildman–Crippen MR) is 63.4 cm³/mol. The molecule has 2 fully saturated rings. The zero-order valence-corrected chi connectivity index (χ0v) is 9.95. The van der Waals surface area contributed by atoms with Gasteiger partial charge in [-0.2, -0.15) is 0 Å². The van der Waals surface area contributed by atoms with Gasteiger partial charge in [0.05, 0.1) is 6.10 Å². The second-order valence-electron chi connectivity index (χ2n) is 5.07. The number of aliphatic hydroxyl groups excluding tert-OH is 1. The van der Waals surface area contributed by atoms with Crippen LogP contribution < -0.4 is 10.6 Å². The highest BCUT2D eigenvalue weighted by Crippen LogP contribution is 2.28. The van der Waals surface area contributed by atoms with Crippen LogP contribution in [0.5, 0.6) is 0 Å². The van der Waals surface area contributed by atoms with Gasteiger partial charge >= 0.3 is 0 Å². The summed E-state index contributed by atoms with van der Waals surface area (Å²) in [5, 5.41) is 16.0. The van der Waals surface area contributed by atoms with E-state index in [-0.39, 0.29) is 6.10 Å². The first-order valence-corrected chi connectivity index (χ1v) is 6.54. The van der Waals surface area contributed by atoms with E-state index in [1.807, 2.05) is 0 Å². The van der Waals surface area contributed by atoms with E-state index < -0.39 is 0 Å². The Kier molecular flexibility index (Phi) is 5.03. The van der Waals surface area contributed by atoms with Crippen molar-refractivity contribution in [2.45, 2.75) is 37.8 Å². The molecule has 2 atom stereocenters. The average molecular weight is 228 g/mol. The van der Waals surface area contributed by atoms with E-state index in [4.69, 9.17) is 4.74 Å². The van der Waals surface area contributed by atoms with Crippen molar-refractivity contribution in [3.8, 4) is 0 Å². The Labute approximate surface area is 97.7 Å². The molecule has 1 saturated heterocycles. The lowest BCUT2D eigenvalue weighted by molar-refractivity contribution is 0.122. The molecule has 94 valence electrons. The summed E-state index contributed by atoms with van der Waals surface area (Å²) >= 11 is 0. The van der Waals surface area contributed by atoms with Crippen molar-refractivity contribution in [3.05, 3.63) is 0 Å². The summed E-state index contributed by atoms with van der Waals surface area (Å²) in [6.07, 6.45) is 4.56. The number of nitrogens with one attached hydrogen (secondary N) is 2. The van der Waals surface area contributed by atoms with E-state index >= 15 is 0 Å². The fraction of sp³-hybridized carbons (Fsp3) is 1.00. The smallest absolute Gasteiger partial charge is 0.0680 e. The Morgan fingerprint density at radius 2 is 2.25 bits per heavy atom. The number of ether oxygens (including phenoxy) is 1. The molecule has 2 aliphatic rings. The van der Waals surface area contributed by atoms with Crippen molar-refractivity contribution >= 4 is 0 Å². The molecule has 1 saturated carbocycles. The normalized spacial score (nSPS) is 29.8. The van der Waals surface area contributed by atoms with E-state index in [1.165, 1.54) is 12.8 Å². The first-order chi connectivity index (χ1) is 7.84. The summed E-state index contributed by atoms with van der Waals surface area (Å²) < 4.78 is 5.55. The van der Waals surface area contributed by atoms with E-state index in [2.05, 4.69) is 10.6 Å². The van der Waals surface area contributed by atoms with Crippen molar-refractivity contribution in [2.24, 2.45) is 5.92 Å². The second kappa shape index (κ2) is 6.55. The Bertz CT molecular complexity index is 197. The standard InChI is InChI=1S/C12H24N2O2/c15-12-6-11(14-8-12)7-13-4-1-5-16-9-10-2-3-10/h10-15H,1-9H2. The molecule has 2 unspecified atom stereocenters. The molecule has 0 bridgehead atoms. The first-order valence-electron chi connectivity index (χ1n) is 6.54. The van der Waals surface area contributed by atoms with Crippen molar-refractivity contribution in [3.63, 3.8) is 0 Å². The summed E-state index contributed by atoms with van der Waals surface area (Å²) in [5.41, 5.74) is 0. The van der Waals surface area contributed by atoms with E-state index in [9.17, 15) is 5.11 Å². The quantitative estimate of drug-likeness (QED) is 0.516. The maximum absolute atomic E-state index is 9.32. The SMILES string of the molecule is OC1CNC(CNCCCOCC2CC2)C1. The van der Waals surface area contributed by atoms with Gasteiger partial charge in [-0.1, -0.05) is 0 Å². The minimum atomic E-state index is -0.145. The van der Waals surface area contributed by atoms with Crippen molar-refractivity contribution in [2.75, 3.05) is 32.8 Å². The van der Waals surface area contributed by atoms with Crippen LogP contribution in [0.1, 0.15) is 25.7 Å². The van der Waals surface area contributed by atoms with Gasteiger partial charge in [-0.05, 0) is 38.1 Å². The minimum absolute atomic E-state index is 0.145. The third-order valence-electron chi connectivity index (χ3n) is 3.28. The van der Waals surface area contributed by atoms with Crippen LogP contribution in [-0.2, 0) is 4.74 Å². The van der Waals surface area contributed by atoms with E-state index in [1.54, 1.807) is 0 Å².